The molecule has 0 aliphatic heterocycles. The van der Waals surface area contributed by atoms with Crippen molar-refractivity contribution in [1.82, 2.24) is 15.2 Å². The van der Waals surface area contributed by atoms with Gasteiger partial charge in [0.2, 0.25) is 5.78 Å². The third-order valence-corrected chi connectivity index (χ3v) is 5.94. The third-order valence-electron chi connectivity index (χ3n) is 3.35. The van der Waals surface area contributed by atoms with Crippen LogP contribution in [0, 0.1) is 0 Å². The number of thiophene rings is 1. The summed E-state index contributed by atoms with van der Waals surface area (Å²) in [6, 6.07) is 1.69. The Morgan fingerprint density at radius 2 is 2.00 bits per heavy atom. The highest BCUT2D eigenvalue weighted by atomic mass is 35.5. The van der Waals surface area contributed by atoms with E-state index in [4.69, 9.17) is 23.2 Å². The Bertz CT molecular complexity index is 855. The van der Waals surface area contributed by atoms with E-state index in [9.17, 15) is 9.59 Å². The number of halogens is 2. The second-order valence-electron chi connectivity index (χ2n) is 5.42. The lowest BCUT2D eigenvalue weighted by Crippen LogP contribution is -2.31. The lowest BCUT2D eigenvalue weighted by Gasteiger charge is -2.15. The molecule has 0 atom stereocenters. The van der Waals surface area contributed by atoms with E-state index in [1.165, 1.54) is 17.4 Å². The predicted molar refractivity (Wildman–Crippen MR) is 98.7 cm³/mol. The molecule has 24 heavy (non-hydrogen) atoms. The molecule has 9 heteroatoms. The van der Waals surface area contributed by atoms with Gasteiger partial charge in [0.1, 0.15) is 19.9 Å². The topological polar surface area (TPSA) is 62.3 Å². The van der Waals surface area contributed by atoms with Gasteiger partial charge in [0.25, 0.3) is 0 Å². The summed E-state index contributed by atoms with van der Waals surface area (Å²) in [4.78, 5) is 31.5. The SMILES string of the molecule is CN(C)CCNC1=CC(=O)c2sc(-c3cc(Cl)sc3Cl)nc2C1=O. The average Bonchev–Trinajstić information content (AvgIpc) is 3.07. The largest absolute Gasteiger partial charge is 0.380 e. The van der Waals surface area contributed by atoms with E-state index in [1.54, 1.807) is 6.07 Å². The molecule has 0 fully saturated rings. The molecule has 1 aliphatic rings. The van der Waals surface area contributed by atoms with Gasteiger partial charge >= 0.3 is 0 Å². The smallest absolute Gasteiger partial charge is 0.228 e. The van der Waals surface area contributed by atoms with Crippen LogP contribution in [0.15, 0.2) is 17.8 Å². The molecule has 3 rings (SSSR count). The van der Waals surface area contributed by atoms with Gasteiger partial charge in [0.05, 0.1) is 10.0 Å². The maximum Gasteiger partial charge on any atom is 0.228 e. The van der Waals surface area contributed by atoms with E-state index in [0.29, 0.717) is 30.7 Å². The minimum Gasteiger partial charge on any atom is -0.380 e. The number of fused-ring (bicyclic) bond motifs is 1. The summed E-state index contributed by atoms with van der Waals surface area (Å²) in [6.07, 6.45) is 1.34. The van der Waals surface area contributed by atoms with Crippen LogP contribution >= 0.6 is 45.9 Å². The average molecular weight is 402 g/mol. The summed E-state index contributed by atoms with van der Waals surface area (Å²) in [5.41, 5.74) is 1.10. The molecule has 0 radical (unpaired) electrons. The second kappa shape index (κ2) is 6.93. The van der Waals surface area contributed by atoms with E-state index in [-0.39, 0.29) is 23.0 Å². The first kappa shape index (κ1) is 17.6. The fourth-order valence-corrected chi connectivity index (χ4v) is 4.76. The van der Waals surface area contributed by atoms with Crippen LogP contribution in [-0.2, 0) is 0 Å². The maximum absolute atomic E-state index is 12.6. The zero-order valence-electron chi connectivity index (χ0n) is 12.9. The molecule has 0 amide bonds. The highest BCUT2D eigenvalue weighted by Crippen LogP contribution is 2.41. The van der Waals surface area contributed by atoms with Crippen LogP contribution in [0.4, 0.5) is 0 Å². The number of Topliss-reactive ketones (excluding diaryl/α,β-unsaturated/α-hetero) is 1. The summed E-state index contributed by atoms with van der Waals surface area (Å²) in [5, 5.41) is 3.53. The molecule has 2 aromatic heterocycles. The molecular weight excluding hydrogens is 389 g/mol. The normalized spacial score (nSPS) is 14.1. The summed E-state index contributed by atoms with van der Waals surface area (Å²) in [5.74, 6) is -0.499. The third kappa shape index (κ3) is 3.41. The van der Waals surface area contributed by atoms with Gasteiger partial charge in [-0.05, 0) is 20.2 Å². The molecule has 1 N–H and O–H groups in total. The van der Waals surface area contributed by atoms with Crippen molar-refractivity contribution < 1.29 is 9.59 Å². The number of aromatic nitrogens is 1. The Morgan fingerprint density at radius 3 is 2.62 bits per heavy atom. The molecule has 0 saturated heterocycles. The number of ketones is 2. The number of nitrogens with one attached hydrogen (secondary N) is 1. The van der Waals surface area contributed by atoms with Crippen LogP contribution in [0.2, 0.25) is 8.67 Å². The van der Waals surface area contributed by atoms with Crippen LogP contribution in [-0.4, -0.2) is 48.6 Å². The fourth-order valence-electron chi connectivity index (χ4n) is 2.18. The van der Waals surface area contributed by atoms with Crippen molar-refractivity contribution in [2.75, 3.05) is 27.2 Å². The molecular formula is C15H13Cl2N3O2S2. The fraction of sp³-hybridized carbons (Fsp3) is 0.267. The van der Waals surface area contributed by atoms with E-state index < -0.39 is 0 Å². The number of carbonyl (C=O) groups is 2. The molecule has 1 aliphatic carbocycles. The Kier molecular flexibility index (Phi) is 5.08. The molecule has 2 aromatic rings. The Hall–Kier alpha value is -1.25. The van der Waals surface area contributed by atoms with Crippen molar-refractivity contribution in [2.45, 2.75) is 0 Å². The minimum atomic E-state index is -0.275. The molecule has 0 bridgehead atoms. The number of allylic oxidation sites excluding steroid dienone is 2. The van der Waals surface area contributed by atoms with Crippen LogP contribution in [0.1, 0.15) is 20.2 Å². The number of nitrogens with zero attached hydrogens (tertiary/aromatic N) is 2. The van der Waals surface area contributed by atoms with E-state index in [0.717, 1.165) is 17.9 Å². The summed E-state index contributed by atoms with van der Waals surface area (Å²) >= 11 is 14.5. The van der Waals surface area contributed by atoms with Gasteiger partial charge in [-0.2, -0.15) is 0 Å². The number of carbonyl (C=O) groups excluding carboxylic acids is 2. The van der Waals surface area contributed by atoms with Crippen molar-refractivity contribution >= 4 is 57.4 Å². The van der Waals surface area contributed by atoms with E-state index >= 15 is 0 Å². The zero-order chi connectivity index (χ0) is 17.4. The van der Waals surface area contributed by atoms with Gasteiger partial charge in [-0.3, -0.25) is 9.59 Å². The number of hydrogen-bond donors (Lipinski definition) is 1. The van der Waals surface area contributed by atoms with Crippen LogP contribution in [0.25, 0.3) is 10.6 Å². The van der Waals surface area contributed by atoms with Crippen molar-refractivity contribution in [3.63, 3.8) is 0 Å². The Morgan fingerprint density at radius 1 is 1.25 bits per heavy atom. The van der Waals surface area contributed by atoms with Gasteiger partial charge in [-0.15, -0.1) is 22.7 Å². The lowest BCUT2D eigenvalue weighted by atomic mass is 10.0. The van der Waals surface area contributed by atoms with Crippen molar-refractivity contribution in [3.05, 3.63) is 37.1 Å². The van der Waals surface area contributed by atoms with Crippen LogP contribution in [0.5, 0.6) is 0 Å². The minimum absolute atomic E-state index is 0.174. The zero-order valence-corrected chi connectivity index (χ0v) is 16.0. The highest BCUT2D eigenvalue weighted by Gasteiger charge is 2.31. The standard InChI is InChI=1S/C15H13Cl2N3O2S2/c1-20(2)4-3-18-8-6-9(21)13-11(12(8)22)19-15(24-13)7-5-10(16)23-14(7)17/h5-6,18H,3-4H2,1-2H3. The Balaban J connectivity index is 1.88. The predicted octanol–water partition coefficient (Wildman–Crippen LogP) is 3.59. The van der Waals surface area contributed by atoms with E-state index in [1.807, 2.05) is 19.0 Å². The Labute approximate surface area is 156 Å². The quantitative estimate of drug-likeness (QED) is 0.828. The molecule has 0 aromatic carbocycles. The maximum atomic E-state index is 12.6. The first-order chi connectivity index (χ1) is 11.4. The second-order valence-corrected chi connectivity index (χ2v) is 8.70. The molecule has 5 nitrogen and oxygen atoms in total. The molecule has 0 unspecified atom stereocenters. The van der Waals surface area contributed by atoms with Gasteiger partial charge in [-0.1, -0.05) is 23.2 Å². The lowest BCUT2D eigenvalue weighted by molar-refractivity contribution is 0.0977. The number of rotatable bonds is 5. The van der Waals surface area contributed by atoms with E-state index in [2.05, 4.69) is 10.3 Å². The van der Waals surface area contributed by atoms with Gasteiger partial charge in [0.15, 0.2) is 5.78 Å². The van der Waals surface area contributed by atoms with Crippen molar-refractivity contribution in [3.8, 4) is 10.6 Å². The summed E-state index contributed by atoms with van der Waals surface area (Å²) in [6.45, 7) is 1.31. The van der Waals surface area contributed by atoms with Gasteiger partial charge in [-0.25, -0.2) is 4.98 Å². The summed E-state index contributed by atoms with van der Waals surface area (Å²) < 4.78 is 1.02. The van der Waals surface area contributed by atoms with Gasteiger partial charge in [0, 0.05) is 24.7 Å². The molecule has 0 saturated carbocycles. The highest BCUT2D eigenvalue weighted by molar-refractivity contribution is 7.22. The van der Waals surface area contributed by atoms with Crippen LogP contribution < -0.4 is 5.32 Å². The van der Waals surface area contributed by atoms with Crippen molar-refractivity contribution in [2.24, 2.45) is 0 Å². The van der Waals surface area contributed by atoms with Crippen molar-refractivity contribution in [1.29, 1.82) is 0 Å². The number of thiazole rings is 1. The molecule has 2 heterocycles. The first-order valence-corrected chi connectivity index (χ1v) is 9.41. The monoisotopic (exact) mass is 401 g/mol. The van der Waals surface area contributed by atoms with Gasteiger partial charge < -0.3 is 10.2 Å². The van der Waals surface area contributed by atoms with Crippen LogP contribution in [0.3, 0.4) is 0 Å². The number of hydrogen-bond acceptors (Lipinski definition) is 7. The first-order valence-electron chi connectivity index (χ1n) is 7.02. The molecule has 126 valence electrons. The molecule has 0 spiro atoms. The summed E-state index contributed by atoms with van der Waals surface area (Å²) in [7, 11) is 3.87. The number of likely N-dealkylation sites (N-methyl/N-ethyl adjacent to an activating group) is 1.